The van der Waals surface area contributed by atoms with Crippen LogP contribution in [-0.2, 0) is 27.7 Å². The molecule has 0 aliphatic rings. The van der Waals surface area contributed by atoms with Crippen molar-refractivity contribution in [1.82, 2.24) is 9.71 Å². The van der Waals surface area contributed by atoms with Gasteiger partial charge >= 0.3 is 5.97 Å². The van der Waals surface area contributed by atoms with E-state index in [1.807, 2.05) is 12.1 Å². The van der Waals surface area contributed by atoms with E-state index in [9.17, 15) is 13.2 Å². The molecule has 1 heterocycles. The highest BCUT2D eigenvalue weighted by molar-refractivity contribution is 7.88. The normalized spacial score (nSPS) is 12.5. The lowest BCUT2D eigenvalue weighted by atomic mass is 10.1. The van der Waals surface area contributed by atoms with Crippen LogP contribution in [-0.4, -0.2) is 43.4 Å². The standard InChI is InChI=1S/C19H24N2O5S/c1-27(24,25)21-18(19(22)23)14-16-5-7-17(8-6-16)26-13-3-2-4-15-9-11-20-12-10-15/h5-12,18,21H,2-4,13-14H2,1H3,(H,22,23)/t18-/m1/s1. The molecule has 0 amide bonds. The fraction of sp³-hybridized carbons (Fsp3) is 0.368. The van der Waals surface area contributed by atoms with Crippen molar-refractivity contribution >= 4 is 16.0 Å². The van der Waals surface area contributed by atoms with Crippen molar-refractivity contribution in [2.45, 2.75) is 31.7 Å². The SMILES string of the molecule is CS(=O)(=O)N[C@H](Cc1ccc(OCCCCc2ccncc2)cc1)C(=O)O. The molecule has 0 spiro atoms. The van der Waals surface area contributed by atoms with E-state index >= 15 is 0 Å². The number of carbonyl (C=O) groups is 1. The summed E-state index contributed by atoms with van der Waals surface area (Å²) in [5.74, 6) is -0.513. The van der Waals surface area contributed by atoms with Gasteiger partial charge in [0.05, 0.1) is 12.9 Å². The van der Waals surface area contributed by atoms with Crippen LogP contribution in [0.4, 0.5) is 0 Å². The minimum atomic E-state index is -3.59. The molecule has 8 heteroatoms. The summed E-state index contributed by atoms with van der Waals surface area (Å²) in [6.07, 6.45) is 7.49. The maximum atomic E-state index is 11.3. The molecule has 1 atom stereocenters. The van der Waals surface area contributed by atoms with Crippen LogP contribution >= 0.6 is 0 Å². The molecular weight excluding hydrogens is 368 g/mol. The maximum Gasteiger partial charge on any atom is 0.322 e. The van der Waals surface area contributed by atoms with Gasteiger partial charge in [0.2, 0.25) is 10.0 Å². The van der Waals surface area contributed by atoms with Crippen LogP contribution in [0.15, 0.2) is 48.8 Å². The van der Waals surface area contributed by atoms with E-state index in [2.05, 4.69) is 9.71 Å². The highest BCUT2D eigenvalue weighted by atomic mass is 32.2. The monoisotopic (exact) mass is 392 g/mol. The predicted molar refractivity (Wildman–Crippen MR) is 102 cm³/mol. The average Bonchev–Trinajstić information content (AvgIpc) is 2.62. The van der Waals surface area contributed by atoms with Gasteiger partial charge in [0.15, 0.2) is 0 Å². The van der Waals surface area contributed by atoms with Crippen LogP contribution in [0, 0.1) is 0 Å². The number of benzene rings is 1. The Balaban J connectivity index is 1.76. The van der Waals surface area contributed by atoms with E-state index in [0.29, 0.717) is 17.9 Å². The number of aliphatic carboxylic acids is 1. The van der Waals surface area contributed by atoms with E-state index in [0.717, 1.165) is 25.5 Å². The lowest BCUT2D eigenvalue weighted by Gasteiger charge is -2.13. The molecule has 0 saturated heterocycles. The number of unbranched alkanes of at least 4 members (excludes halogenated alkanes) is 1. The molecule has 0 saturated carbocycles. The summed E-state index contributed by atoms with van der Waals surface area (Å²) in [5, 5.41) is 9.15. The van der Waals surface area contributed by atoms with Gasteiger partial charge in [-0.15, -0.1) is 0 Å². The number of nitrogens with zero attached hydrogens (tertiary/aromatic N) is 1. The number of sulfonamides is 1. The Bertz CT molecular complexity index is 823. The van der Waals surface area contributed by atoms with Crippen molar-refractivity contribution in [2.75, 3.05) is 12.9 Å². The smallest absolute Gasteiger partial charge is 0.322 e. The number of aromatic nitrogens is 1. The Morgan fingerprint density at radius 1 is 1.11 bits per heavy atom. The lowest BCUT2D eigenvalue weighted by Crippen LogP contribution is -2.41. The third kappa shape index (κ3) is 8.19. The summed E-state index contributed by atoms with van der Waals surface area (Å²) in [5.41, 5.74) is 1.97. The highest BCUT2D eigenvalue weighted by Crippen LogP contribution is 2.15. The molecule has 2 N–H and O–H groups in total. The first kappa shape index (κ1) is 20.9. The number of hydrogen-bond donors (Lipinski definition) is 2. The van der Waals surface area contributed by atoms with Crippen LogP contribution in [0.3, 0.4) is 0 Å². The predicted octanol–water partition coefficient (Wildman–Crippen LogP) is 2.03. The third-order valence-electron chi connectivity index (χ3n) is 3.90. The second-order valence-electron chi connectivity index (χ2n) is 6.29. The van der Waals surface area contributed by atoms with Gasteiger partial charge in [-0.2, -0.15) is 0 Å². The molecule has 146 valence electrons. The Labute approximate surface area is 159 Å². The lowest BCUT2D eigenvalue weighted by molar-refractivity contribution is -0.138. The first-order valence-electron chi connectivity index (χ1n) is 8.64. The number of pyridine rings is 1. The van der Waals surface area contributed by atoms with Crippen LogP contribution in [0.1, 0.15) is 24.0 Å². The second-order valence-corrected chi connectivity index (χ2v) is 8.07. The number of aryl methyl sites for hydroxylation is 1. The number of carboxylic acids is 1. The molecule has 2 aromatic rings. The molecule has 0 unspecified atom stereocenters. The zero-order chi connectivity index (χ0) is 19.7. The Hall–Kier alpha value is -2.45. The quantitative estimate of drug-likeness (QED) is 0.567. The van der Waals surface area contributed by atoms with Gasteiger partial charge in [0.25, 0.3) is 0 Å². The van der Waals surface area contributed by atoms with Gasteiger partial charge in [0, 0.05) is 12.4 Å². The van der Waals surface area contributed by atoms with Crippen LogP contribution < -0.4 is 9.46 Å². The van der Waals surface area contributed by atoms with Crippen molar-refractivity contribution in [3.63, 3.8) is 0 Å². The van der Waals surface area contributed by atoms with Gasteiger partial charge < -0.3 is 9.84 Å². The number of carboxylic acid groups (broad SMARTS) is 1. The van der Waals surface area contributed by atoms with Crippen LogP contribution in [0.25, 0.3) is 0 Å². The zero-order valence-electron chi connectivity index (χ0n) is 15.2. The van der Waals surface area contributed by atoms with Crippen LogP contribution in [0.5, 0.6) is 5.75 Å². The van der Waals surface area contributed by atoms with E-state index in [-0.39, 0.29) is 6.42 Å². The minimum Gasteiger partial charge on any atom is -0.494 e. The van der Waals surface area contributed by atoms with E-state index in [1.54, 1.807) is 36.7 Å². The van der Waals surface area contributed by atoms with Gasteiger partial charge in [0.1, 0.15) is 11.8 Å². The Kier molecular flexibility index (Phi) is 7.75. The Morgan fingerprint density at radius 3 is 2.37 bits per heavy atom. The summed E-state index contributed by atoms with van der Waals surface area (Å²) in [6.45, 7) is 0.595. The molecule has 0 bridgehead atoms. The van der Waals surface area contributed by atoms with Crippen molar-refractivity contribution in [2.24, 2.45) is 0 Å². The first-order chi connectivity index (χ1) is 12.8. The largest absolute Gasteiger partial charge is 0.494 e. The Morgan fingerprint density at radius 2 is 1.78 bits per heavy atom. The van der Waals surface area contributed by atoms with Crippen LogP contribution in [0.2, 0.25) is 0 Å². The molecule has 7 nitrogen and oxygen atoms in total. The number of hydrogen-bond acceptors (Lipinski definition) is 5. The second kappa shape index (κ2) is 10.0. The molecule has 0 radical (unpaired) electrons. The first-order valence-corrected chi connectivity index (χ1v) is 10.5. The van der Waals surface area contributed by atoms with E-state index in [1.165, 1.54) is 5.56 Å². The molecule has 1 aromatic carbocycles. The van der Waals surface area contributed by atoms with Gasteiger partial charge in [-0.1, -0.05) is 12.1 Å². The average molecular weight is 392 g/mol. The summed E-state index contributed by atoms with van der Waals surface area (Å²) < 4.78 is 30.3. The summed E-state index contributed by atoms with van der Waals surface area (Å²) >= 11 is 0. The van der Waals surface area contributed by atoms with Crippen molar-refractivity contribution in [3.8, 4) is 5.75 Å². The molecule has 27 heavy (non-hydrogen) atoms. The van der Waals surface area contributed by atoms with Gasteiger partial charge in [-0.25, -0.2) is 13.1 Å². The van der Waals surface area contributed by atoms with Gasteiger partial charge in [-0.05, 0) is 61.1 Å². The number of rotatable bonds is 11. The molecule has 0 aliphatic carbocycles. The summed E-state index contributed by atoms with van der Waals surface area (Å²) in [6, 6.07) is 9.82. The molecular formula is C19H24N2O5S. The number of ether oxygens (including phenoxy) is 1. The van der Waals surface area contributed by atoms with Crippen molar-refractivity contribution in [3.05, 3.63) is 59.9 Å². The molecule has 0 fully saturated rings. The van der Waals surface area contributed by atoms with Gasteiger partial charge in [-0.3, -0.25) is 9.78 Å². The fourth-order valence-corrected chi connectivity index (χ4v) is 3.27. The number of nitrogens with one attached hydrogen (secondary N) is 1. The zero-order valence-corrected chi connectivity index (χ0v) is 16.0. The highest BCUT2D eigenvalue weighted by Gasteiger charge is 2.21. The van der Waals surface area contributed by atoms with Crippen molar-refractivity contribution in [1.29, 1.82) is 0 Å². The topological polar surface area (TPSA) is 106 Å². The third-order valence-corrected chi connectivity index (χ3v) is 4.61. The molecule has 2 rings (SSSR count). The minimum absolute atomic E-state index is 0.0641. The maximum absolute atomic E-state index is 11.3. The van der Waals surface area contributed by atoms with E-state index < -0.39 is 22.0 Å². The summed E-state index contributed by atoms with van der Waals surface area (Å²) in [4.78, 5) is 15.2. The molecule has 0 aliphatic heterocycles. The van der Waals surface area contributed by atoms with E-state index in [4.69, 9.17) is 9.84 Å². The van der Waals surface area contributed by atoms with Crippen molar-refractivity contribution < 1.29 is 23.1 Å². The summed E-state index contributed by atoms with van der Waals surface area (Å²) in [7, 11) is -3.59. The fourth-order valence-electron chi connectivity index (χ4n) is 2.57. The molecule has 1 aromatic heterocycles.